The van der Waals surface area contributed by atoms with Gasteiger partial charge < -0.3 is 14.4 Å². The summed E-state index contributed by atoms with van der Waals surface area (Å²) in [5, 5.41) is 0.644. The molecule has 1 aliphatic rings. The molecular weight excluding hydrogens is 539 g/mol. The van der Waals surface area contributed by atoms with Crippen molar-refractivity contribution < 1.29 is 28.0 Å². The minimum Gasteiger partial charge on any atom is -0.493 e. The summed E-state index contributed by atoms with van der Waals surface area (Å²) in [5.41, 5.74) is 1.93. The highest BCUT2D eigenvalue weighted by atomic mass is 35.5. The average molecular weight is 563 g/mol. The largest absolute Gasteiger partial charge is 0.493 e. The van der Waals surface area contributed by atoms with Crippen LogP contribution in [0.4, 0.5) is 0 Å². The van der Waals surface area contributed by atoms with Gasteiger partial charge in [0.05, 0.1) is 18.3 Å². The Labute approximate surface area is 221 Å². The maximum Gasteiger partial charge on any atom is 0.472 e. The van der Waals surface area contributed by atoms with Gasteiger partial charge in [-0.2, -0.15) is 0 Å². The van der Waals surface area contributed by atoms with E-state index >= 15 is 0 Å². The zero-order chi connectivity index (χ0) is 26.2. The van der Waals surface area contributed by atoms with Crippen molar-refractivity contribution in [3.05, 3.63) is 70.2 Å². The van der Waals surface area contributed by atoms with E-state index in [4.69, 9.17) is 25.6 Å². The van der Waals surface area contributed by atoms with Gasteiger partial charge in [-0.3, -0.25) is 18.4 Å². The van der Waals surface area contributed by atoms with E-state index in [1.54, 1.807) is 18.2 Å². The molecule has 37 heavy (non-hydrogen) atoms. The van der Waals surface area contributed by atoms with Crippen molar-refractivity contribution in [2.45, 2.75) is 18.9 Å². The van der Waals surface area contributed by atoms with Gasteiger partial charge in [0.2, 0.25) is 0 Å². The van der Waals surface area contributed by atoms with Gasteiger partial charge in [-0.05, 0) is 54.7 Å². The smallest absolute Gasteiger partial charge is 0.472 e. The van der Waals surface area contributed by atoms with Crippen molar-refractivity contribution in [3.63, 3.8) is 0 Å². The Morgan fingerprint density at radius 1 is 1.16 bits per heavy atom. The summed E-state index contributed by atoms with van der Waals surface area (Å²) in [4.78, 5) is 28.4. The van der Waals surface area contributed by atoms with E-state index in [0.29, 0.717) is 32.4 Å². The first kappa shape index (κ1) is 25.9. The number of hydrogen-bond donors (Lipinski definition) is 1. The molecule has 2 heterocycles. The normalized spacial score (nSPS) is 15.9. The minimum atomic E-state index is -4.14. The molecule has 12 heteroatoms. The number of nitrogens with zero attached hydrogens (tertiary/aromatic N) is 2. The number of aromatic nitrogens is 2. The molecule has 2 aromatic heterocycles. The number of fused-ring (bicyclic) bond motifs is 1. The van der Waals surface area contributed by atoms with Crippen molar-refractivity contribution in [1.82, 2.24) is 9.55 Å². The molecule has 1 N–H and O–H groups in total. The van der Waals surface area contributed by atoms with E-state index < -0.39 is 13.9 Å². The number of methoxy groups -OCH3 is 1. The molecule has 2 atom stereocenters. The van der Waals surface area contributed by atoms with Crippen molar-refractivity contribution in [1.29, 1.82) is 0 Å². The Kier molecular flexibility index (Phi) is 7.40. The fourth-order valence-electron chi connectivity index (χ4n) is 3.88. The summed E-state index contributed by atoms with van der Waals surface area (Å²) in [6.07, 6.45) is 2.66. The molecular formula is C25H24ClN2O7PS. The minimum absolute atomic E-state index is 0.0460. The molecule has 4 aromatic rings. The topological polar surface area (TPSA) is 109 Å². The molecule has 0 saturated heterocycles. The molecule has 1 fully saturated rings. The van der Waals surface area contributed by atoms with Crippen LogP contribution in [0, 0.1) is 5.92 Å². The van der Waals surface area contributed by atoms with Gasteiger partial charge in [-0.1, -0.05) is 23.7 Å². The SMILES string of the molecule is COc1cc(-n2cnc3cc(-c4ccc(Cl)cc4)sc3c2=O)ccc1OC[C@H](OP(=O)(O)OC)C1CC1. The standard InChI is InChI=1S/C25H24ClN2O7PS/c1-32-21-11-18(9-10-20(21)34-13-22(15-3-4-15)35-36(30,31)33-2)28-14-27-19-12-23(37-24(19)25(28)29)16-5-7-17(26)8-6-16/h5-12,14-15,22H,3-4,13H2,1-2H3,(H,30,31)/t22-/m0/s1. The van der Waals surface area contributed by atoms with Gasteiger partial charge in [-0.15, -0.1) is 11.3 Å². The van der Waals surface area contributed by atoms with E-state index in [-0.39, 0.29) is 18.1 Å². The van der Waals surface area contributed by atoms with Gasteiger partial charge in [0.1, 0.15) is 23.7 Å². The van der Waals surface area contributed by atoms with E-state index in [2.05, 4.69) is 9.51 Å². The van der Waals surface area contributed by atoms with E-state index in [1.165, 1.54) is 29.3 Å². The molecule has 1 unspecified atom stereocenters. The molecule has 0 bridgehead atoms. The summed E-state index contributed by atoms with van der Waals surface area (Å²) in [5.74, 6) is 0.931. The summed E-state index contributed by atoms with van der Waals surface area (Å²) < 4.78 is 35.0. The Morgan fingerprint density at radius 3 is 2.59 bits per heavy atom. The predicted molar refractivity (Wildman–Crippen MR) is 142 cm³/mol. The second kappa shape index (κ2) is 10.6. The Balaban J connectivity index is 1.39. The number of phosphoric acid groups is 1. The third-order valence-corrected chi connectivity index (χ3v) is 8.45. The number of halogens is 1. The Hall–Kier alpha value is -2.72. The summed E-state index contributed by atoms with van der Waals surface area (Å²) in [6, 6.07) is 14.4. The van der Waals surface area contributed by atoms with Gasteiger partial charge >= 0.3 is 7.82 Å². The second-order valence-electron chi connectivity index (χ2n) is 8.53. The van der Waals surface area contributed by atoms with Crippen LogP contribution in [0.15, 0.2) is 59.7 Å². The fourth-order valence-corrected chi connectivity index (χ4v) is 5.72. The number of benzene rings is 2. The molecule has 0 aliphatic heterocycles. The number of rotatable bonds is 10. The van der Waals surface area contributed by atoms with Crippen molar-refractivity contribution in [2.75, 3.05) is 20.8 Å². The molecule has 2 aromatic carbocycles. The zero-order valence-electron chi connectivity index (χ0n) is 20.0. The van der Waals surface area contributed by atoms with Gasteiger partial charge in [0, 0.05) is 23.1 Å². The van der Waals surface area contributed by atoms with Crippen molar-refractivity contribution in [2.24, 2.45) is 5.92 Å². The highest BCUT2D eigenvalue weighted by molar-refractivity contribution is 7.47. The average Bonchev–Trinajstić information content (AvgIpc) is 3.65. The van der Waals surface area contributed by atoms with Gasteiger partial charge in [0.15, 0.2) is 11.5 Å². The first-order valence-corrected chi connectivity index (χ1v) is 14.1. The fraction of sp³-hybridized carbons (Fsp3) is 0.280. The molecule has 1 saturated carbocycles. The van der Waals surface area contributed by atoms with Crippen molar-refractivity contribution in [3.8, 4) is 27.6 Å². The van der Waals surface area contributed by atoms with Crippen LogP contribution in [0.25, 0.3) is 26.3 Å². The van der Waals surface area contributed by atoms with Crippen LogP contribution in [-0.2, 0) is 13.6 Å². The number of hydrogen-bond acceptors (Lipinski definition) is 8. The van der Waals surface area contributed by atoms with Crippen LogP contribution in [0.5, 0.6) is 11.5 Å². The lowest BCUT2D eigenvalue weighted by Gasteiger charge is -2.21. The van der Waals surface area contributed by atoms with E-state index in [9.17, 15) is 14.3 Å². The molecule has 0 amide bonds. The molecule has 0 spiro atoms. The van der Waals surface area contributed by atoms with Crippen molar-refractivity contribution >= 4 is 41.0 Å². The van der Waals surface area contributed by atoms with Gasteiger partial charge in [0.25, 0.3) is 5.56 Å². The highest BCUT2D eigenvalue weighted by Gasteiger charge is 2.38. The third-order valence-electron chi connectivity index (χ3n) is 6.04. The van der Waals surface area contributed by atoms with Crippen LogP contribution in [0.3, 0.4) is 0 Å². The molecule has 1 aliphatic carbocycles. The molecule has 0 radical (unpaired) electrons. The first-order valence-electron chi connectivity index (χ1n) is 11.4. The van der Waals surface area contributed by atoms with Crippen LogP contribution >= 0.6 is 30.8 Å². The van der Waals surface area contributed by atoms with E-state index in [0.717, 1.165) is 30.4 Å². The van der Waals surface area contributed by atoms with Crippen LogP contribution < -0.4 is 15.0 Å². The van der Waals surface area contributed by atoms with Gasteiger partial charge in [-0.25, -0.2) is 9.55 Å². The van der Waals surface area contributed by atoms with E-state index in [1.807, 2.05) is 30.3 Å². The molecule has 194 valence electrons. The lowest BCUT2D eigenvalue weighted by Crippen LogP contribution is -2.23. The molecule has 5 rings (SSSR count). The number of thiophene rings is 1. The lowest BCUT2D eigenvalue weighted by atomic mass is 10.2. The Bertz CT molecular complexity index is 1530. The molecule has 9 nitrogen and oxygen atoms in total. The van der Waals surface area contributed by atoms with Crippen LogP contribution in [-0.4, -0.2) is 41.4 Å². The zero-order valence-corrected chi connectivity index (χ0v) is 22.5. The Morgan fingerprint density at radius 2 is 1.92 bits per heavy atom. The maximum atomic E-state index is 13.3. The third kappa shape index (κ3) is 5.75. The first-order chi connectivity index (χ1) is 17.8. The van der Waals surface area contributed by atoms with Crippen LogP contribution in [0.1, 0.15) is 12.8 Å². The highest BCUT2D eigenvalue weighted by Crippen LogP contribution is 2.48. The maximum absolute atomic E-state index is 13.3. The summed E-state index contributed by atoms with van der Waals surface area (Å²) in [6.45, 7) is 0.0460. The second-order valence-corrected chi connectivity index (χ2v) is 11.5. The van der Waals surface area contributed by atoms with Crippen LogP contribution in [0.2, 0.25) is 5.02 Å². The summed E-state index contributed by atoms with van der Waals surface area (Å²) in [7, 11) is -1.52. The lowest BCUT2D eigenvalue weighted by molar-refractivity contribution is 0.0669. The predicted octanol–water partition coefficient (Wildman–Crippen LogP) is 5.70. The monoisotopic (exact) mass is 562 g/mol. The number of ether oxygens (including phenoxy) is 2. The quantitative estimate of drug-likeness (QED) is 0.245. The number of phosphoric ester groups is 1. The summed E-state index contributed by atoms with van der Waals surface area (Å²) >= 11 is 7.37.